The van der Waals surface area contributed by atoms with Crippen LogP contribution < -0.4 is 25.8 Å². The number of rotatable bonds is 18. The van der Waals surface area contributed by atoms with Crippen LogP contribution in [-0.4, -0.2) is 53.7 Å². The van der Waals surface area contributed by atoms with E-state index in [0.29, 0.717) is 35.3 Å². The fraction of sp³-hybridized carbons (Fsp3) is 0.161. The van der Waals surface area contributed by atoms with Crippen molar-refractivity contribution < 1.29 is 36.9 Å². The summed E-state index contributed by atoms with van der Waals surface area (Å²) in [7, 11) is 0. The fourth-order valence-electron chi connectivity index (χ4n) is 15.1. The highest BCUT2D eigenvalue weighted by Gasteiger charge is 2.41. The number of carbonyl (C=O) groups excluding carboxylic acids is 1. The molecule has 0 saturated carbocycles. The minimum Gasteiger partial charge on any atom is -0.503 e. The van der Waals surface area contributed by atoms with Gasteiger partial charge in [0, 0.05) is 74.2 Å². The number of nitrogens with zero attached hydrogens (tertiary/aromatic N) is 9. The lowest BCUT2D eigenvalue weighted by molar-refractivity contribution is 0.111. The van der Waals surface area contributed by atoms with Gasteiger partial charge in [0.15, 0.2) is 41.0 Å². The summed E-state index contributed by atoms with van der Waals surface area (Å²) in [6.45, 7) is 1.42. The number of imidazole rings is 3. The van der Waals surface area contributed by atoms with Gasteiger partial charge >= 0.3 is 0 Å². The molecule has 20 heteroatoms. The molecule has 6 aromatic heterocycles. The summed E-state index contributed by atoms with van der Waals surface area (Å²) in [4.78, 5) is 63.5. The fourth-order valence-corrected chi connectivity index (χ4v) is 15.1. The normalized spacial score (nSPS) is 14.4. The number of benzene rings is 8. The summed E-state index contributed by atoms with van der Waals surface area (Å²) < 4.78 is 78.7. The largest absolute Gasteiger partial charge is 0.503 e. The molecular weight excluding hydrogens is 1360 g/mol. The second-order valence-corrected chi connectivity index (χ2v) is 26.0. The number of aromatic nitrogens is 9. The molecule has 16 nitrogen and oxygen atoms in total. The summed E-state index contributed by atoms with van der Waals surface area (Å²) in [6.07, 6.45) is 4.43. The Kier molecular flexibility index (Phi) is 20.9. The number of carbonyl (C=O) groups is 1. The van der Waals surface area contributed by atoms with E-state index in [1.54, 1.807) is 33.8 Å². The van der Waals surface area contributed by atoms with Gasteiger partial charge in [-0.05, 0) is 44.5 Å². The van der Waals surface area contributed by atoms with Gasteiger partial charge in [-0.15, -0.1) is 0 Å². The molecule has 3 aliphatic rings. The first-order valence-electron chi connectivity index (χ1n) is 34.7. The highest BCUT2D eigenvalue weighted by Crippen LogP contribution is 2.48. The van der Waals surface area contributed by atoms with Crippen molar-refractivity contribution in [1.82, 2.24) is 42.4 Å². The van der Waals surface area contributed by atoms with Crippen molar-refractivity contribution >= 4 is 6.29 Å². The van der Waals surface area contributed by atoms with Crippen molar-refractivity contribution in [3.05, 3.63) is 390 Å². The SMILES string of the molecule is C.O=Cc1cnc2n1C[C@H](C(c1ccccc1)c1ccccc1)n1ccc(=O)c(OCc3ccccc3)c1-2.O=c1ccn2c(c1O)-c1ncc(C(F)F)n1C[C@@H]2C(c1ccccc1)c1ccccc1.O=c1ccn2c(c1OCc1ccccc1)-c1ncc(C(F)F)n1C[C@@H]2C(c1ccccc1)c1ccccc1. The molecule has 0 radical (unpaired) electrons. The monoisotopic (exact) mass is 1430 g/mol. The Morgan fingerprint density at radius 1 is 0.383 bits per heavy atom. The standard InChI is InChI=1S/C31H25F2N3O2.C31H25N3O3.C24H19F2N3O2.CH4/c32-30(33)24-18-34-31-28-29(38-20-21-10-4-1-5-11-21)26(37)16-17-35(28)25(19-36(24)31)27(22-12-6-2-7-13-22)23-14-8-3-9-15-23;35-20-25-18-32-31-29-30(37-21-22-10-4-1-5-11-22)27(36)16-17-33(29)26(19-34(25)31)28(23-12-6-2-7-13-23)24-14-8-3-9-15-24;25-23(26)17-13-27-24-21-22(31)19(30)11-12-28(21)18(14-29(17)24)20(15-7-3-1-4-8-15)16-9-5-2-6-10-16;/h1-18,25,27,30H,19-20H2;1-18,20,26,28H,19,21H2;1-13,18,20,23,31H,14H2;1H4/t25-;26-;18-;/m111./s1. The van der Waals surface area contributed by atoms with Crippen LogP contribution in [0.3, 0.4) is 0 Å². The van der Waals surface area contributed by atoms with E-state index in [0.717, 1.165) is 57.0 Å². The zero-order chi connectivity index (χ0) is 72.8. The maximum atomic E-state index is 14.1. The highest BCUT2D eigenvalue weighted by atomic mass is 19.3. The number of aromatic hydroxyl groups is 1. The van der Waals surface area contributed by atoms with Crippen molar-refractivity contribution in [3.8, 4) is 51.8 Å². The van der Waals surface area contributed by atoms with Crippen molar-refractivity contribution in [1.29, 1.82) is 0 Å². The van der Waals surface area contributed by atoms with E-state index in [-0.39, 0.29) is 115 Å². The van der Waals surface area contributed by atoms with Crippen LogP contribution in [0.25, 0.3) is 34.6 Å². The van der Waals surface area contributed by atoms with Gasteiger partial charge in [0.05, 0.1) is 36.7 Å². The second kappa shape index (κ2) is 31.6. The summed E-state index contributed by atoms with van der Waals surface area (Å²) in [5.74, 6) is 0.456. The molecule has 536 valence electrons. The van der Waals surface area contributed by atoms with Gasteiger partial charge in [-0.1, -0.05) is 250 Å². The first-order chi connectivity index (χ1) is 51.9. The van der Waals surface area contributed by atoms with E-state index in [9.17, 15) is 41.8 Å². The third kappa shape index (κ3) is 14.2. The number of pyridine rings is 3. The second-order valence-electron chi connectivity index (χ2n) is 26.0. The lowest BCUT2D eigenvalue weighted by Gasteiger charge is -2.37. The van der Waals surface area contributed by atoms with Crippen molar-refractivity contribution in [2.45, 2.75) is 89.0 Å². The zero-order valence-corrected chi connectivity index (χ0v) is 57.0. The van der Waals surface area contributed by atoms with Crippen LogP contribution in [0.4, 0.5) is 17.6 Å². The minimum atomic E-state index is -2.72. The first kappa shape index (κ1) is 71.0. The molecular formula is C87H73F4N9O7. The molecule has 0 fully saturated rings. The Balaban J connectivity index is 0.000000135. The van der Waals surface area contributed by atoms with Gasteiger partial charge in [-0.3, -0.25) is 19.2 Å². The van der Waals surface area contributed by atoms with Crippen molar-refractivity contribution in [2.24, 2.45) is 0 Å². The number of fused-ring (bicyclic) bond motifs is 9. The van der Waals surface area contributed by atoms with Crippen LogP contribution >= 0.6 is 0 Å². The summed E-state index contributed by atoms with van der Waals surface area (Å²) in [6, 6.07) is 83.0. The van der Waals surface area contributed by atoms with Gasteiger partial charge in [0.25, 0.3) is 12.9 Å². The van der Waals surface area contributed by atoms with Crippen LogP contribution in [0.5, 0.6) is 17.2 Å². The zero-order valence-electron chi connectivity index (χ0n) is 57.0. The Morgan fingerprint density at radius 3 is 0.991 bits per heavy atom. The smallest absolute Gasteiger partial charge is 0.280 e. The topological polar surface area (TPSA) is 175 Å². The number of aldehydes is 1. The first-order valence-corrected chi connectivity index (χ1v) is 34.7. The van der Waals surface area contributed by atoms with E-state index in [1.807, 2.05) is 234 Å². The Morgan fingerprint density at radius 2 is 0.664 bits per heavy atom. The highest BCUT2D eigenvalue weighted by molar-refractivity contribution is 5.75. The van der Waals surface area contributed by atoms with Crippen LogP contribution in [0, 0.1) is 0 Å². The molecule has 0 spiro atoms. The molecule has 0 saturated heterocycles. The third-order valence-electron chi connectivity index (χ3n) is 19.9. The summed E-state index contributed by atoms with van der Waals surface area (Å²) in [5, 5.41) is 10.6. The van der Waals surface area contributed by atoms with E-state index < -0.39 is 24.0 Å². The Bertz CT molecular complexity index is 5450. The minimum absolute atomic E-state index is 0. The lowest BCUT2D eigenvalue weighted by atomic mass is 9.83. The number of hydrogen-bond acceptors (Lipinski definition) is 10. The molecule has 0 amide bonds. The van der Waals surface area contributed by atoms with Crippen molar-refractivity contribution in [3.63, 3.8) is 0 Å². The number of alkyl halides is 4. The van der Waals surface area contributed by atoms with Gasteiger partial charge < -0.3 is 42.0 Å². The summed E-state index contributed by atoms with van der Waals surface area (Å²) in [5.41, 5.74) is 8.33. The van der Waals surface area contributed by atoms with Crippen LogP contribution in [0.15, 0.2) is 312 Å². The number of halogens is 4. The van der Waals surface area contributed by atoms with Gasteiger partial charge in [0.1, 0.15) is 47.4 Å². The Hall–Kier alpha value is -13.0. The Labute approximate surface area is 613 Å². The van der Waals surface area contributed by atoms with Crippen LogP contribution in [0.1, 0.15) is 123 Å². The average molecular weight is 1430 g/mol. The summed E-state index contributed by atoms with van der Waals surface area (Å²) >= 11 is 0. The molecule has 14 aromatic rings. The maximum absolute atomic E-state index is 14.1. The molecule has 17 rings (SSSR count). The van der Waals surface area contributed by atoms with Gasteiger partial charge in [-0.25, -0.2) is 32.5 Å². The quantitative estimate of drug-likeness (QED) is 0.0643. The van der Waals surface area contributed by atoms with Gasteiger partial charge in [-0.2, -0.15) is 0 Å². The maximum Gasteiger partial charge on any atom is 0.280 e. The van der Waals surface area contributed by atoms with E-state index in [1.165, 1.54) is 22.9 Å². The molecule has 0 aliphatic carbocycles. The molecule has 1 N–H and O–H groups in total. The molecule has 3 atom stereocenters. The number of hydrogen-bond donors (Lipinski definition) is 1. The molecule has 9 heterocycles. The number of ether oxygens (including phenoxy) is 2. The predicted octanol–water partition coefficient (Wildman–Crippen LogP) is 17.5. The van der Waals surface area contributed by atoms with Crippen LogP contribution in [0.2, 0.25) is 0 Å². The van der Waals surface area contributed by atoms with Crippen molar-refractivity contribution in [2.75, 3.05) is 0 Å². The van der Waals surface area contributed by atoms with Crippen LogP contribution in [-0.2, 0) is 32.8 Å². The van der Waals surface area contributed by atoms with E-state index in [2.05, 4.69) is 43.8 Å². The lowest BCUT2D eigenvalue weighted by Crippen LogP contribution is -2.32. The molecule has 107 heavy (non-hydrogen) atoms. The average Bonchev–Trinajstić information content (AvgIpc) is 1.72. The molecule has 3 aliphatic heterocycles. The third-order valence-corrected chi connectivity index (χ3v) is 19.9. The molecule has 0 bridgehead atoms. The van der Waals surface area contributed by atoms with Gasteiger partial charge in [0.2, 0.25) is 16.3 Å². The predicted molar refractivity (Wildman–Crippen MR) is 402 cm³/mol. The molecule has 8 aromatic carbocycles. The van der Waals surface area contributed by atoms with E-state index in [4.69, 9.17) is 9.47 Å². The molecule has 0 unspecified atom stereocenters. The van der Waals surface area contributed by atoms with E-state index >= 15 is 0 Å².